The summed E-state index contributed by atoms with van der Waals surface area (Å²) in [6.45, 7) is 0.726. The fraction of sp³-hybridized carbons (Fsp3) is 0.429. The predicted molar refractivity (Wildman–Crippen MR) is 76.9 cm³/mol. The molecule has 20 heavy (non-hydrogen) atoms. The molecule has 1 aromatic carbocycles. The second-order valence-electron chi connectivity index (χ2n) is 4.45. The van der Waals surface area contributed by atoms with Gasteiger partial charge in [-0.1, -0.05) is 11.6 Å². The molecule has 0 radical (unpaired) electrons. The molecule has 0 aliphatic rings. The molecular formula is C14H18FN3OS. The number of halogens is 1. The molecule has 4 nitrogen and oxygen atoms in total. The number of aromatic nitrogens is 2. The average molecular weight is 295 g/mol. The van der Waals surface area contributed by atoms with E-state index in [2.05, 4.69) is 10.1 Å². The second kappa shape index (κ2) is 8.01. The first-order valence-electron chi connectivity index (χ1n) is 6.68. The van der Waals surface area contributed by atoms with E-state index in [9.17, 15) is 4.39 Å². The molecule has 0 atom stereocenters. The Hall–Kier alpha value is -1.40. The molecule has 0 amide bonds. The minimum atomic E-state index is -0.228. The van der Waals surface area contributed by atoms with E-state index >= 15 is 0 Å². The molecule has 2 rings (SSSR count). The fourth-order valence-corrected chi connectivity index (χ4v) is 2.47. The maximum atomic E-state index is 12.8. The Morgan fingerprint density at radius 2 is 1.95 bits per heavy atom. The minimum Gasteiger partial charge on any atom is -0.339 e. The van der Waals surface area contributed by atoms with E-state index < -0.39 is 0 Å². The van der Waals surface area contributed by atoms with Gasteiger partial charge in [-0.05, 0) is 43.7 Å². The van der Waals surface area contributed by atoms with Crippen LogP contribution in [0, 0.1) is 5.82 Å². The lowest BCUT2D eigenvalue weighted by Crippen LogP contribution is -1.98. The number of hydrogen-bond donors (Lipinski definition) is 1. The number of benzene rings is 1. The summed E-state index contributed by atoms with van der Waals surface area (Å²) in [6.07, 6.45) is 3.93. The van der Waals surface area contributed by atoms with E-state index in [-0.39, 0.29) is 5.82 Å². The van der Waals surface area contributed by atoms with E-state index in [4.69, 9.17) is 10.3 Å². The third-order valence-electron chi connectivity index (χ3n) is 2.79. The van der Waals surface area contributed by atoms with Crippen LogP contribution < -0.4 is 5.73 Å². The molecule has 2 aromatic rings. The highest BCUT2D eigenvalue weighted by Crippen LogP contribution is 2.21. The van der Waals surface area contributed by atoms with E-state index in [0.29, 0.717) is 17.5 Å². The minimum absolute atomic E-state index is 0.228. The van der Waals surface area contributed by atoms with Gasteiger partial charge in [-0.2, -0.15) is 4.98 Å². The number of unbranched alkanes of at least 4 members (excludes halogenated alkanes) is 2. The third-order valence-corrected chi connectivity index (χ3v) is 3.79. The zero-order valence-electron chi connectivity index (χ0n) is 11.2. The monoisotopic (exact) mass is 295 g/mol. The lowest BCUT2D eigenvalue weighted by Gasteiger charge is -1.97. The third kappa shape index (κ3) is 4.94. The molecule has 0 aliphatic carbocycles. The number of aryl methyl sites for hydroxylation is 1. The lowest BCUT2D eigenvalue weighted by atomic mass is 10.2. The zero-order chi connectivity index (χ0) is 14.2. The summed E-state index contributed by atoms with van der Waals surface area (Å²) >= 11 is 1.56. The van der Waals surface area contributed by atoms with Crippen molar-refractivity contribution in [2.45, 2.75) is 36.3 Å². The van der Waals surface area contributed by atoms with Crippen molar-refractivity contribution in [3.05, 3.63) is 41.8 Å². The van der Waals surface area contributed by atoms with Gasteiger partial charge in [0, 0.05) is 11.3 Å². The smallest absolute Gasteiger partial charge is 0.226 e. The van der Waals surface area contributed by atoms with Crippen molar-refractivity contribution in [3.63, 3.8) is 0 Å². The van der Waals surface area contributed by atoms with Gasteiger partial charge in [0.05, 0.1) is 5.75 Å². The van der Waals surface area contributed by atoms with E-state index in [1.54, 1.807) is 23.9 Å². The van der Waals surface area contributed by atoms with Crippen LogP contribution in [0.15, 0.2) is 33.7 Å². The van der Waals surface area contributed by atoms with E-state index in [1.165, 1.54) is 12.1 Å². The van der Waals surface area contributed by atoms with Gasteiger partial charge in [-0.15, -0.1) is 11.8 Å². The van der Waals surface area contributed by atoms with Gasteiger partial charge in [0.25, 0.3) is 0 Å². The molecule has 0 spiro atoms. The van der Waals surface area contributed by atoms with Crippen molar-refractivity contribution in [1.29, 1.82) is 0 Å². The second-order valence-corrected chi connectivity index (χ2v) is 5.50. The van der Waals surface area contributed by atoms with Crippen LogP contribution in [-0.2, 0) is 12.2 Å². The Kier molecular flexibility index (Phi) is 6.01. The summed E-state index contributed by atoms with van der Waals surface area (Å²) in [5, 5.41) is 3.94. The number of nitrogens with zero attached hydrogens (tertiary/aromatic N) is 2. The van der Waals surface area contributed by atoms with Crippen LogP contribution in [-0.4, -0.2) is 16.7 Å². The number of nitrogens with two attached hydrogens (primary N) is 1. The van der Waals surface area contributed by atoms with Gasteiger partial charge >= 0.3 is 0 Å². The summed E-state index contributed by atoms with van der Waals surface area (Å²) < 4.78 is 18.0. The molecule has 1 heterocycles. The van der Waals surface area contributed by atoms with Gasteiger partial charge in [-0.25, -0.2) is 4.39 Å². The molecule has 108 valence electrons. The molecule has 0 saturated carbocycles. The Bertz CT molecular complexity index is 515. The van der Waals surface area contributed by atoms with Crippen molar-refractivity contribution < 1.29 is 8.91 Å². The van der Waals surface area contributed by atoms with Gasteiger partial charge in [0.1, 0.15) is 5.82 Å². The van der Waals surface area contributed by atoms with Gasteiger partial charge < -0.3 is 10.3 Å². The molecule has 1 aromatic heterocycles. The molecule has 0 unspecified atom stereocenters. The summed E-state index contributed by atoms with van der Waals surface area (Å²) in [5.41, 5.74) is 5.44. The van der Waals surface area contributed by atoms with Crippen molar-refractivity contribution >= 4 is 11.8 Å². The van der Waals surface area contributed by atoms with Crippen LogP contribution in [0.2, 0.25) is 0 Å². The largest absolute Gasteiger partial charge is 0.339 e. The Morgan fingerprint density at radius 3 is 2.70 bits per heavy atom. The van der Waals surface area contributed by atoms with Crippen molar-refractivity contribution in [3.8, 4) is 0 Å². The summed E-state index contributed by atoms with van der Waals surface area (Å²) in [6, 6.07) is 6.38. The van der Waals surface area contributed by atoms with Crippen LogP contribution in [0.3, 0.4) is 0 Å². The first-order chi connectivity index (χ1) is 9.78. The van der Waals surface area contributed by atoms with Crippen LogP contribution in [0.4, 0.5) is 4.39 Å². The van der Waals surface area contributed by atoms with E-state index in [0.717, 1.165) is 37.1 Å². The van der Waals surface area contributed by atoms with Crippen LogP contribution in [0.1, 0.15) is 31.0 Å². The van der Waals surface area contributed by atoms with Crippen LogP contribution in [0.25, 0.3) is 0 Å². The Morgan fingerprint density at radius 1 is 1.15 bits per heavy atom. The zero-order valence-corrected chi connectivity index (χ0v) is 12.0. The topological polar surface area (TPSA) is 64.9 Å². The van der Waals surface area contributed by atoms with Gasteiger partial charge in [0.15, 0.2) is 5.82 Å². The summed E-state index contributed by atoms with van der Waals surface area (Å²) in [5.74, 6) is 1.75. The normalized spacial score (nSPS) is 10.9. The maximum absolute atomic E-state index is 12.8. The lowest BCUT2D eigenvalue weighted by molar-refractivity contribution is 0.370. The standard InChI is InChI=1S/C14H18FN3OS/c15-11-5-7-12(8-6-11)20-10-13-17-14(19-18-13)4-2-1-3-9-16/h5-8H,1-4,9-10,16H2. The van der Waals surface area contributed by atoms with Gasteiger partial charge in [-0.3, -0.25) is 0 Å². The molecule has 0 fully saturated rings. The van der Waals surface area contributed by atoms with E-state index in [1.807, 2.05) is 0 Å². The number of rotatable bonds is 8. The van der Waals surface area contributed by atoms with Crippen LogP contribution in [0.5, 0.6) is 0 Å². The fourth-order valence-electron chi connectivity index (χ4n) is 1.73. The van der Waals surface area contributed by atoms with Crippen LogP contribution >= 0.6 is 11.8 Å². The Labute approximate surface area is 121 Å². The Balaban J connectivity index is 1.76. The predicted octanol–water partition coefficient (Wildman–Crippen LogP) is 3.17. The molecule has 6 heteroatoms. The van der Waals surface area contributed by atoms with Gasteiger partial charge in [0.2, 0.25) is 5.89 Å². The quantitative estimate of drug-likeness (QED) is 0.598. The van der Waals surface area contributed by atoms with Crippen molar-refractivity contribution in [1.82, 2.24) is 10.1 Å². The molecule has 0 aliphatic heterocycles. The number of thioether (sulfide) groups is 1. The summed E-state index contributed by atoms with van der Waals surface area (Å²) in [7, 11) is 0. The highest BCUT2D eigenvalue weighted by Gasteiger charge is 2.06. The average Bonchev–Trinajstić information content (AvgIpc) is 2.91. The number of hydrogen-bond acceptors (Lipinski definition) is 5. The molecule has 0 bridgehead atoms. The SMILES string of the molecule is NCCCCCc1nc(CSc2ccc(F)cc2)no1. The summed E-state index contributed by atoms with van der Waals surface area (Å²) in [4.78, 5) is 5.32. The molecule has 0 saturated heterocycles. The molecular weight excluding hydrogens is 277 g/mol. The molecule has 2 N–H and O–H groups in total. The maximum Gasteiger partial charge on any atom is 0.226 e. The van der Waals surface area contributed by atoms with Crippen molar-refractivity contribution in [2.75, 3.05) is 6.54 Å². The highest BCUT2D eigenvalue weighted by atomic mass is 32.2. The first-order valence-corrected chi connectivity index (χ1v) is 7.66. The highest BCUT2D eigenvalue weighted by molar-refractivity contribution is 7.98. The first kappa shape index (κ1) is 15.0. The van der Waals surface area contributed by atoms with Crippen molar-refractivity contribution in [2.24, 2.45) is 5.73 Å².